The lowest BCUT2D eigenvalue weighted by molar-refractivity contribution is -0.265. The smallest absolute Gasteiger partial charge is 0.424 e. The maximum Gasteiger partial charge on any atom is 0.424 e. The summed E-state index contributed by atoms with van der Waals surface area (Å²) in [6.45, 7) is 2.12. The Hall–Kier alpha value is -2.63. The molecule has 2 atom stereocenters. The van der Waals surface area contributed by atoms with Crippen LogP contribution in [0.2, 0.25) is 0 Å². The molecule has 1 heterocycles. The lowest BCUT2D eigenvalue weighted by Gasteiger charge is -2.34. The van der Waals surface area contributed by atoms with Gasteiger partial charge in [-0.05, 0) is 56.8 Å². The van der Waals surface area contributed by atoms with Crippen LogP contribution in [-0.2, 0) is 4.74 Å². The first kappa shape index (κ1) is 30.3. The van der Waals surface area contributed by atoms with E-state index in [2.05, 4.69) is 9.47 Å². The van der Waals surface area contributed by atoms with E-state index in [1.807, 2.05) is 6.92 Å². The summed E-state index contributed by atoms with van der Waals surface area (Å²) in [5, 5.41) is 0. The van der Waals surface area contributed by atoms with Crippen LogP contribution in [0.1, 0.15) is 69.8 Å². The molecule has 222 valence electrons. The Balaban J connectivity index is 1.38. The second-order valence-corrected chi connectivity index (χ2v) is 10.4. The van der Waals surface area contributed by atoms with Crippen LogP contribution in [0.3, 0.4) is 0 Å². The van der Waals surface area contributed by atoms with E-state index in [1.54, 1.807) is 0 Å². The van der Waals surface area contributed by atoms with Crippen molar-refractivity contribution in [2.45, 2.75) is 82.5 Å². The molecular formula is C28H29F9O3. The van der Waals surface area contributed by atoms with Crippen LogP contribution in [0.5, 0.6) is 11.5 Å². The van der Waals surface area contributed by atoms with Gasteiger partial charge in [0.15, 0.2) is 23.6 Å². The average Bonchev–Trinajstić information content (AvgIpc) is 2.87. The van der Waals surface area contributed by atoms with Gasteiger partial charge in [0.05, 0.1) is 12.5 Å². The van der Waals surface area contributed by atoms with Crippen molar-refractivity contribution < 1.29 is 53.7 Å². The second-order valence-electron chi connectivity index (χ2n) is 10.4. The van der Waals surface area contributed by atoms with Crippen molar-refractivity contribution >= 4 is 0 Å². The summed E-state index contributed by atoms with van der Waals surface area (Å²) in [7, 11) is 0. The molecule has 2 fully saturated rings. The van der Waals surface area contributed by atoms with Crippen LogP contribution in [0.15, 0.2) is 24.3 Å². The van der Waals surface area contributed by atoms with Crippen molar-refractivity contribution in [2.24, 2.45) is 11.8 Å². The van der Waals surface area contributed by atoms with Gasteiger partial charge >= 0.3 is 12.2 Å². The van der Waals surface area contributed by atoms with Gasteiger partial charge in [-0.3, -0.25) is 0 Å². The number of rotatable bonds is 9. The van der Waals surface area contributed by atoms with Crippen LogP contribution in [0.25, 0.3) is 0 Å². The predicted octanol–water partition coefficient (Wildman–Crippen LogP) is 8.89. The third kappa shape index (κ3) is 6.80. The van der Waals surface area contributed by atoms with Crippen molar-refractivity contribution in [3.63, 3.8) is 0 Å². The van der Waals surface area contributed by atoms with E-state index in [4.69, 9.17) is 4.74 Å². The third-order valence-corrected chi connectivity index (χ3v) is 7.57. The first-order valence-electron chi connectivity index (χ1n) is 13.2. The van der Waals surface area contributed by atoms with Gasteiger partial charge < -0.3 is 14.2 Å². The van der Waals surface area contributed by atoms with Gasteiger partial charge in [0.25, 0.3) is 0 Å². The van der Waals surface area contributed by atoms with Crippen LogP contribution in [0, 0.1) is 40.9 Å². The molecule has 1 saturated heterocycles. The fourth-order valence-electron chi connectivity index (χ4n) is 5.49. The molecule has 1 aliphatic heterocycles. The highest BCUT2D eigenvalue weighted by Gasteiger charge is 2.47. The van der Waals surface area contributed by atoms with Crippen molar-refractivity contribution in [3.8, 4) is 11.5 Å². The van der Waals surface area contributed by atoms with Gasteiger partial charge in [0, 0.05) is 29.8 Å². The lowest BCUT2D eigenvalue weighted by Crippen LogP contribution is -2.44. The van der Waals surface area contributed by atoms with Crippen LogP contribution in [-0.4, -0.2) is 24.9 Å². The molecule has 2 aliphatic rings. The first-order chi connectivity index (χ1) is 18.8. The first-order valence-corrected chi connectivity index (χ1v) is 13.2. The molecule has 3 nitrogen and oxygen atoms in total. The summed E-state index contributed by atoms with van der Waals surface area (Å²) in [6, 6.07) is 1.85. The molecule has 0 spiro atoms. The fraction of sp³-hybridized carbons (Fsp3) is 0.571. The predicted molar refractivity (Wildman–Crippen MR) is 126 cm³/mol. The van der Waals surface area contributed by atoms with Crippen molar-refractivity contribution in [1.82, 2.24) is 0 Å². The van der Waals surface area contributed by atoms with Crippen LogP contribution < -0.4 is 9.47 Å². The summed E-state index contributed by atoms with van der Waals surface area (Å²) < 4.78 is 143. The van der Waals surface area contributed by atoms with Crippen LogP contribution in [0.4, 0.5) is 39.5 Å². The zero-order valence-corrected chi connectivity index (χ0v) is 21.6. The van der Waals surface area contributed by atoms with E-state index in [9.17, 15) is 39.5 Å². The molecule has 0 N–H and O–H groups in total. The van der Waals surface area contributed by atoms with Gasteiger partial charge in [-0.1, -0.05) is 13.3 Å². The highest BCUT2D eigenvalue weighted by molar-refractivity contribution is 5.33. The average molecular weight is 585 g/mol. The Morgan fingerprint density at radius 3 is 1.75 bits per heavy atom. The summed E-state index contributed by atoms with van der Waals surface area (Å²) in [5.74, 6) is -11.3. The lowest BCUT2D eigenvalue weighted by atomic mass is 9.78. The molecule has 0 aromatic heterocycles. The van der Waals surface area contributed by atoms with Crippen molar-refractivity contribution in [2.75, 3.05) is 6.61 Å². The number of halogens is 9. The Labute approximate surface area is 225 Å². The van der Waals surface area contributed by atoms with Gasteiger partial charge in [-0.15, -0.1) is 0 Å². The van der Waals surface area contributed by atoms with Gasteiger partial charge in [-0.25, -0.2) is 22.0 Å². The van der Waals surface area contributed by atoms with Gasteiger partial charge in [0.2, 0.25) is 0 Å². The molecule has 0 radical (unpaired) electrons. The molecule has 0 bridgehead atoms. The number of alkyl halides is 4. The molecule has 12 heteroatoms. The van der Waals surface area contributed by atoms with Gasteiger partial charge in [-0.2, -0.15) is 17.6 Å². The maximum atomic E-state index is 14.9. The van der Waals surface area contributed by atoms with E-state index in [0.29, 0.717) is 30.7 Å². The second kappa shape index (κ2) is 12.1. The highest BCUT2D eigenvalue weighted by Crippen LogP contribution is 2.45. The molecular weight excluding hydrogens is 555 g/mol. The highest BCUT2D eigenvalue weighted by atomic mass is 19.3. The minimum atomic E-state index is -3.90. The maximum absolute atomic E-state index is 14.9. The van der Waals surface area contributed by atoms with E-state index < -0.39 is 76.3 Å². The topological polar surface area (TPSA) is 27.7 Å². The Bertz CT molecular complexity index is 1130. The minimum absolute atomic E-state index is 0.0311. The molecule has 1 saturated carbocycles. The summed E-state index contributed by atoms with van der Waals surface area (Å²) >= 11 is 0. The quantitative estimate of drug-likeness (QED) is 0.218. The van der Waals surface area contributed by atoms with Gasteiger partial charge in [0.1, 0.15) is 23.1 Å². The Kier molecular flexibility index (Phi) is 9.16. The number of hydrogen-bond acceptors (Lipinski definition) is 3. The number of benzene rings is 2. The summed E-state index contributed by atoms with van der Waals surface area (Å²) in [5.41, 5.74) is -0.433. The molecule has 0 amide bonds. The van der Waals surface area contributed by atoms with E-state index in [-0.39, 0.29) is 44.6 Å². The Morgan fingerprint density at radius 2 is 1.25 bits per heavy atom. The minimum Gasteiger partial charge on any atom is -0.432 e. The Morgan fingerprint density at radius 1 is 0.725 bits per heavy atom. The molecule has 4 rings (SSSR count). The van der Waals surface area contributed by atoms with E-state index in [1.165, 1.54) is 0 Å². The van der Waals surface area contributed by atoms with Crippen LogP contribution >= 0.6 is 0 Å². The van der Waals surface area contributed by atoms with E-state index in [0.717, 1.165) is 12.8 Å². The molecule has 2 aromatic rings. The molecule has 40 heavy (non-hydrogen) atoms. The number of hydrogen-bond donors (Lipinski definition) is 0. The SMILES string of the molecule is CCCC1CCC(C(F)(F)Oc2cc(F)c(C3CCC(C(F)(F)Oc4cc(F)c(F)c(F)c4)CC3)c(F)c2)OC1. The summed E-state index contributed by atoms with van der Waals surface area (Å²) in [4.78, 5) is 0. The molecule has 2 aromatic carbocycles. The fourth-order valence-corrected chi connectivity index (χ4v) is 5.49. The largest absolute Gasteiger partial charge is 0.432 e. The number of ether oxygens (including phenoxy) is 3. The van der Waals surface area contributed by atoms with E-state index >= 15 is 0 Å². The monoisotopic (exact) mass is 584 g/mol. The molecule has 2 unspecified atom stereocenters. The summed E-state index contributed by atoms with van der Waals surface area (Å²) in [6.07, 6.45) is -7.74. The zero-order chi connectivity index (χ0) is 29.2. The zero-order valence-electron chi connectivity index (χ0n) is 21.6. The third-order valence-electron chi connectivity index (χ3n) is 7.57. The molecule has 1 aliphatic carbocycles. The van der Waals surface area contributed by atoms with Crippen molar-refractivity contribution in [3.05, 3.63) is 58.9 Å². The normalized spacial score (nSPS) is 24.1. The standard InChI is InChI=1S/C28H29F9O3/c1-2-3-15-4-9-24(38-14-15)28(36,37)40-18-10-20(29)25(21(30)11-18)16-5-7-17(8-6-16)27(34,35)39-19-12-22(31)26(33)23(32)13-19/h10-13,15-17,24H,2-9,14H2,1H3. The van der Waals surface area contributed by atoms with Crippen molar-refractivity contribution in [1.29, 1.82) is 0 Å².